The number of anilines is 1. The SMILES string of the molecule is CSCCNc1cc(C)cc2c(=O)n(C(C)C)nc(Br)c12. The van der Waals surface area contributed by atoms with Gasteiger partial charge in [0.05, 0.1) is 11.4 Å². The van der Waals surface area contributed by atoms with Crippen molar-refractivity contribution in [2.45, 2.75) is 26.8 Å². The first-order valence-corrected chi connectivity index (χ1v) is 9.10. The van der Waals surface area contributed by atoms with Crippen LogP contribution in [-0.2, 0) is 0 Å². The molecule has 114 valence electrons. The van der Waals surface area contributed by atoms with Crippen LogP contribution in [0.5, 0.6) is 0 Å². The Morgan fingerprint density at radius 2 is 2.14 bits per heavy atom. The van der Waals surface area contributed by atoms with E-state index in [0.29, 0.717) is 9.99 Å². The molecule has 0 radical (unpaired) electrons. The zero-order valence-corrected chi connectivity index (χ0v) is 15.1. The summed E-state index contributed by atoms with van der Waals surface area (Å²) < 4.78 is 2.23. The highest BCUT2D eigenvalue weighted by molar-refractivity contribution is 9.10. The molecule has 0 atom stereocenters. The van der Waals surface area contributed by atoms with Crippen LogP contribution in [0.4, 0.5) is 5.69 Å². The fourth-order valence-electron chi connectivity index (χ4n) is 2.27. The molecule has 1 heterocycles. The van der Waals surface area contributed by atoms with Crippen molar-refractivity contribution >= 4 is 44.2 Å². The number of hydrogen-bond donors (Lipinski definition) is 1. The van der Waals surface area contributed by atoms with Gasteiger partial charge in [-0.15, -0.1) is 0 Å². The molecule has 4 nitrogen and oxygen atoms in total. The Kier molecular flexibility index (Phi) is 5.32. The molecule has 0 saturated heterocycles. The van der Waals surface area contributed by atoms with Crippen molar-refractivity contribution in [1.29, 1.82) is 0 Å². The number of hydrogen-bond acceptors (Lipinski definition) is 4. The standard InChI is InChI=1S/C15H20BrN3OS/c1-9(2)19-15(20)11-7-10(3)8-12(17-5-6-21-4)13(11)14(16)18-19/h7-9,17H,5-6H2,1-4H3. The molecule has 0 unspecified atom stereocenters. The minimum absolute atomic E-state index is 0.0339. The lowest BCUT2D eigenvalue weighted by Crippen LogP contribution is -2.25. The maximum atomic E-state index is 12.6. The van der Waals surface area contributed by atoms with Gasteiger partial charge in [0, 0.05) is 23.4 Å². The fourth-order valence-corrected chi connectivity index (χ4v) is 3.17. The molecular weight excluding hydrogens is 350 g/mol. The summed E-state index contributed by atoms with van der Waals surface area (Å²) in [5, 5.41) is 9.37. The van der Waals surface area contributed by atoms with Crippen LogP contribution in [0.15, 0.2) is 21.5 Å². The number of fused-ring (bicyclic) bond motifs is 1. The van der Waals surface area contributed by atoms with Gasteiger partial charge in [0.25, 0.3) is 5.56 Å². The molecule has 0 amide bonds. The molecule has 2 rings (SSSR count). The first-order valence-electron chi connectivity index (χ1n) is 6.91. The van der Waals surface area contributed by atoms with E-state index in [2.05, 4.69) is 38.7 Å². The molecule has 2 aromatic rings. The highest BCUT2D eigenvalue weighted by Crippen LogP contribution is 2.29. The van der Waals surface area contributed by atoms with Crippen LogP contribution in [0.25, 0.3) is 10.8 Å². The number of aryl methyl sites for hydroxylation is 1. The quantitative estimate of drug-likeness (QED) is 0.813. The van der Waals surface area contributed by atoms with Crippen LogP contribution in [0.2, 0.25) is 0 Å². The number of nitrogens with zero attached hydrogens (tertiary/aromatic N) is 2. The summed E-state index contributed by atoms with van der Waals surface area (Å²) >= 11 is 5.31. The Balaban J connectivity index is 2.66. The lowest BCUT2D eigenvalue weighted by atomic mass is 10.1. The highest BCUT2D eigenvalue weighted by atomic mass is 79.9. The Morgan fingerprint density at radius 3 is 2.76 bits per heavy atom. The first kappa shape index (κ1) is 16.4. The molecule has 1 aromatic heterocycles. The van der Waals surface area contributed by atoms with Gasteiger partial charge in [-0.3, -0.25) is 4.79 Å². The van der Waals surface area contributed by atoms with E-state index >= 15 is 0 Å². The van der Waals surface area contributed by atoms with Gasteiger partial charge in [0.1, 0.15) is 4.60 Å². The van der Waals surface area contributed by atoms with E-state index < -0.39 is 0 Å². The van der Waals surface area contributed by atoms with E-state index in [4.69, 9.17) is 0 Å². The highest BCUT2D eigenvalue weighted by Gasteiger charge is 2.14. The summed E-state index contributed by atoms with van der Waals surface area (Å²) in [7, 11) is 0. The van der Waals surface area contributed by atoms with Gasteiger partial charge in [-0.05, 0) is 60.7 Å². The lowest BCUT2D eigenvalue weighted by molar-refractivity contribution is 0.503. The van der Waals surface area contributed by atoms with Crippen molar-refractivity contribution in [3.05, 3.63) is 32.7 Å². The minimum Gasteiger partial charge on any atom is -0.384 e. The van der Waals surface area contributed by atoms with Crippen molar-refractivity contribution in [1.82, 2.24) is 9.78 Å². The molecule has 0 fully saturated rings. The third-order valence-corrected chi connectivity index (χ3v) is 4.40. The smallest absolute Gasteiger partial charge is 0.275 e. The van der Waals surface area contributed by atoms with E-state index in [1.54, 1.807) is 11.8 Å². The van der Waals surface area contributed by atoms with Crippen molar-refractivity contribution < 1.29 is 0 Å². The summed E-state index contributed by atoms with van der Waals surface area (Å²) in [6.45, 7) is 6.78. The fraction of sp³-hybridized carbons (Fsp3) is 0.467. The van der Waals surface area contributed by atoms with Gasteiger partial charge in [-0.1, -0.05) is 0 Å². The van der Waals surface area contributed by atoms with E-state index in [1.165, 1.54) is 4.68 Å². The number of rotatable bonds is 5. The van der Waals surface area contributed by atoms with E-state index in [1.807, 2.05) is 26.8 Å². The zero-order valence-electron chi connectivity index (χ0n) is 12.7. The monoisotopic (exact) mass is 369 g/mol. The maximum Gasteiger partial charge on any atom is 0.275 e. The molecule has 21 heavy (non-hydrogen) atoms. The van der Waals surface area contributed by atoms with Gasteiger partial charge in [-0.25, -0.2) is 4.68 Å². The Morgan fingerprint density at radius 1 is 1.43 bits per heavy atom. The van der Waals surface area contributed by atoms with Crippen LogP contribution in [0, 0.1) is 6.92 Å². The average Bonchev–Trinajstić information content (AvgIpc) is 2.42. The van der Waals surface area contributed by atoms with E-state index in [9.17, 15) is 4.79 Å². The molecule has 0 aliphatic rings. The molecule has 0 aliphatic heterocycles. The van der Waals surface area contributed by atoms with Gasteiger partial charge >= 0.3 is 0 Å². The normalized spacial score (nSPS) is 11.3. The van der Waals surface area contributed by atoms with E-state index in [-0.39, 0.29) is 11.6 Å². The van der Waals surface area contributed by atoms with Crippen molar-refractivity contribution in [3.63, 3.8) is 0 Å². The van der Waals surface area contributed by atoms with Gasteiger partial charge in [0.2, 0.25) is 0 Å². The first-order chi connectivity index (χ1) is 9.95. The Hall–Kier alpha value is -1.01. The van der Waals surface area contributed by atoms with Gasteiger partial charge in [-0.2, -0.15) is 16.9 Å². The van der Waals surface area contributed by atoms with Gasteiger partial charge < -0.3 is 5.32 Å². The molecule has 6 heteroatoms. The number of nitrogens with one attached hydrogen (secondary N) is 1. The van der Waals surface area contributed by atoms with Crippen molar-refractivity contribution in [2.75, 3.05) is 23.9 Å². The second kappa shape index (κ2) is 6.83. The van der Waals surface area contributed by atoms with Gasteiger partial charge in [0.15, 0.2) is 0 Å². The molecule has 1 N–H and O–H groups in total. The summed E-state index contributed by atoms with van der Waals surface area (Å²) in [5.74, 6) is 1.02. The number of benzene rings is 1. The maximum absolute atomic E-state index is 12.6. The second-order valence-electron chi connectivity index (χ2n) is 5.29. The third kappa shape index (κ3) is 3.43. The minimum atomic E-state index is -0.0418. The van der Waals surface area contributed by atoms with Crippen LogP contribution in [0.1, 0.15) is 25.5 Å². The Labute approximate surface area is 137 Å². The Bertz CT molecular complexity index is 712. The van der Waals surface area contributed by atoms with Crippen molar-refractivity contribution in [2.24, 2.45) is 0 Å². The number of thioether (sulfide) groups is 1. The van der Waals surface area contributed by atoms with Crippen LogP contribution >= 0.6 is 27.7 Å². The average molecular weight is 370 g/mol. The summed E-state index contributed by atoms with van der Waals surface area (Å²) in [6, 6.07) is 4.03. The van der Waals surface area contributed by atoms with Crippen LogP contribution < -0.4 is 10.9 Å². The van der Waals surface area contributed by atoms with Crippen LogP contribution in [0.3, 0.4) is 0 Å². The third-order valence-electron chi connectivity index (χ3n) is 3.23. The molecular formula is C15H20BrN3OS. The molecule has 1 aromatic carbocycles. The molecule has 0 aliphatic carbocycles. The topological polar surface area (TPSA) is 46.9 Å². The zero-order chi connectivity index (χ0) is 15.6. The second-order valence-corrected chi connectivity index (χ2v) is 7.03. The summed E-state index contributed by atoms with van der Waals surface area (Å²) in [5.41, 5.74) is 1.99. The molecule has 0 bridgehead atoms. The summed E-state index contributed by atoms with van der Waals surface area (Å²) in [6.07, 6.45) is 2.08. The predicted octanol–water partition coefficient (Wildman–Crippen LogP) is 3.82. The van der Waals surface area contributed by atoms with E-state index in [0.717, 1.165) is 28.9 Å². The van der Waals surface area contributed by atoms with Crippen LogP contribution in [-0.4, -0.2) is 28.3 Å². The molecule has 0 saturated carbocycles. The molecule has 0 spiro atoms. The number of halogens is 1. The summed E-state index contributed by atoms with van der Waals surface area (Å²) in [4.78, 5) is 12.6. The lowest BCUT2D eigenvalue weighted by Gasteiger charge is -2.15. The van der Waals surface area contributed by atoms with Crippen molar-refractivity contribution in [3.8, 4) is 0 Å². The largest absolute Gasteiger partial charge is 0.384 e. The predicted molar refractivity (Wildman–Crippen MR) is 95.7 cm³/mol. The number of aromatic nitrogens is 2.